The molecule has 2 rings (SSSR count). The molecule has 0 saturated heterocycles. The van der Waals surface area contributed by atoms with Crippen LogP contribution in [0.5, 0.6) is 5.75 Å². The molecule has 1 N–H and O–H groups in total. The Hall–Kier alpha value is -1.16. The molecule has 0 aromatic heterocycles. The van der Waals surface area contributed by atoms with Gasteiger partial charge in [-0.25, -0.2) is 0 Å². The monoisotopic (exact) mass is 321 g/mol. The topological polar surface area (TPSA) is 38.3 Å². The van der Waals surface area contributed by atoms with Crippen molar-refractivity contribution in [1.82, 2.24) is 5.32 Å². The van der Waals surface area contributed by atoms with E-state index >= 15 is 0 Å². The first kappa shape index (κ1) is 17.2. The number of thioether (sulfide) groups is 1. The Balaban J connectivity index is 1.57. The summed E-state index contributed by atoms with van der Waals surface area (Å²) in [6.07, 6.45) is 4.92. The van der Waals surface area contributed by atoms with Gasteiger partial charge < -0.3 is 10.1 Å². The lowest BCUT2D eigenvalue weighted by atomic mass is 9.86. The normalized spacial score (nSPS) is 21.4. The molecule has 0 radical (unpaired) electrons. The fourth-order valence-electron chi connectivity index (χ4n) is 2.87. The number of benzene rings is 1. The van der Waals surface area contributed by atoms with E-state index in [9.17, 15) is 4.79 Å². The van der Waals surface area contributed by atoms with Gasteiger partial charge in [-0.1, -0.05) is 31.9 Å². The van der Waals surface area contributed by atoms with Crippen LogP contribution in [0.1, 0.15) is 38.2 Å². The zero-order valence-electron chi connectivity index (χ0n) is 13.6. The molecule has 2 unspecified atom stereocenters. The zero-order chi connectivity index (χ0) is 15.8. The van der Waals surface area contributed by atoms with Crippen molar-refractivity contribution in [2.24, 2.45) is 5.92 Å². The van der Waals surface area contributed by atoms with Gasteiger partial charge in [-0.15, -0.1) is 11.8 Å². The van der Waals surface area contributed by atoms with Gasteiger partial charge in [0.25, 0.3) is 0 Å². The van der Waals surface area contributed by atoms with Crippen molar-refractivity contribution in [1.29, 1.82) is 0 Å². The molecule has 2 atom stereocenters. The molecule has 1 aliphatic carbocycles. The maximum atomic E-state index is 12.0. The smallest absolute Gasteiger partial charge is 0.230 e. The molecule has 22 heavy (non-hydrogen) atoms. The van der Waals surface area contributed by atoms with E-state index < -0.39 is 0 Å². The highest BCUT2D eigenvalue weighted by Gasteiger charge is 2.22. The third-order valence-corrected chi connectivity index (χ3v) is 5.10. The van der Waals surface area contributed by atoms with Crippen molar-refractivity contribution in [2.75, 3.05) is 18.1 Å². The van der Waals surface area contributed by atoms with Gasteiger partial charge in [0, 0.05) is 11.8 Å². The van der Waals surface area contributed by atoms with Gasteiger partial charge in [0.15, 0.2) is 0 Å². The zero-order valence-corrected chi connectivity index (χ0v) is 14.5. The van der Waals surface area contributed by atoms with Gasteiger partial charge in [0.05, 0.1) is 12.4 Å². The van der Waals surface area contributed by atoms with E-state index in [0.29, 0.717) is 24.3 Å². The summed E-state index contributed by atoms with van der Waals surface area (Å²) < 4.78 is 5.68. The van der Waals surface area contributed by atoms with Crippen LogP contribution in [-0.2, 0) is 4.79 Å². The predicted molar refractivity (Wildman–Crippen MR) is 93.6 cm³/mol. The van der Waals surface area contributed by atoms with E-state index in [1.807, 2.05) is 18.2 Å². The van der Waals surface area contributed by atoms with Crippen LogP contribution in [0.2, 0.25) is 0 Å². The van der Waals surface area contributed by atoms with Gasteiger partial charge in [0.2, 0.25) is 5.91 Å². The van der Waals surface area contributed by atoms with Gasteiger partial charge in [-0.3, -0.25) is 4.79 Å². The van der Waals surface area contributed by atoms with Crippen LogP contribution in [0, 0.1) is 12.8 Å². The van der Waals surface area contributed by atoms with Crippen LogP contribution in [0.3, 0.4) is 0 Å². The highest BCUT2D eigenvalue weighted by atomic mass is 32.2. The quantitative estimate of drug-likeness (QED) is 0.776. The summed E-state index contributed by atoms with van der Waals surface area (Å²) in [7, 11) is 0. The van der Waals surface area contributed by atoms with Crippen LogP contribution >= 0.6 is 11.8 Å². The maximum Gasteiger partial charge on any atom is 0.230 e. The fraction of sp³-hybridized carbons (Fsp3) is 0.611. The molecule has 0 bridgehead atoms. The highest BCUT2D eigenvalue weighted by Crippen LogP contribution is 2.23. The molecule has 1 amide bonds. The van der Waals surface area contributed by atoms with E-state index in [1.54, 1.807) is 11.8 Å². The van der Waals surface area contributed by atoms with E-state index in [1.165, 1.54) is 24.8 Å². The molecule has 1 saturated carbocycles. The van der Waals surface area contributed by atoms with Gasteiger partial charge in [-0.2, -0.15) is 0 Å². The second-order valence-corrected chi connectivity index (χ2v) is 7.26. The first-order valence-electron chi connectivity index (χ1n) is 8.22. The molecule has 1 aromatic rings. The molecule has 122 valence electrons. The summed E-state index contributed by atoms with van der Waals surface area (Å²) in [5.41, 5.74) is 1.20. The summed E-state index contributed by atoms with van der Waals surface area (Å²) in [4.78, 5) is 12.0. The number of carbonyl (C=O) groups excluding carboxylic acids is 1. The number of nitrogens with one attached hydrogen (secondary N) is 1. The second-order valence-electron chi connectivity index (χ2n) is 6.15. The third-order valence-electron chi connectivity index (χ3n) is 4.18. The summed E-state index contributed by atoms with van der Waals surface area (Å²) in [5, 5.41) is 3.18. The molecule has 0 heterocycles. The second kappa shape index (κ2) is 9.09. The average Bonchev–Trinajstić information content (AvgIpc) is 2.49. The van der Waals surface area contributed by atoms with E-state index in [-0.39, 0.29) is 5.91 Å². The SMILES string of the molecule is Cc1cccc(OCCSCC(=O)NC2CCCCC2C)c1. The van der Waals surface area contributed by atoms with E-state index in [0.717, 1.165) is 17.9 Å². The molecular weight excluding hydrogens is 294 g/mol. The Labute approximate surface area is 138 Å². The number of hydrogen-bond acceptors (Lipinski definition) is 3. The summed E-state index contributed by atoms with van der Waals surface area (Å²) in [6.45, 7) is 4.94. The minimum absolute atomic E-state index is 0.166. The molecular formula is C18H27NO2S. The molecule has 1 aliphatic rings. The van der Waals surface area contributed by atoms with Crippen molar-refractivity contribution < 1.29 is 9.53 Å². The number of ether oxygens (including phenoxy) is 1. The van der Waals surface area contributed by atoms with Crippen molar-refractivity contribution >= 4 is 17.7 Å². The molecule has 0 aliphatic heterocycles. The van der Waals surface area contributed by atoms with Crippen LogP contribution in [0.25, 0.3) is 0 Å². The highest BCUT2D eigenvalue weighted by molar-refractivity contribution is 7.99. The number of rotatable bonds is 7. The standard InChI is InChI=1S/C18H27NO2S/c1-14-6-5-8-16(12-14)21-10-11-22-13-18(20)19-17-9-4-3-7-15(17)2/h5-6,8,12,15,17H,3-4,7,9-11,13H2,1-2H3,(H,19,20). The summed E-state index contributed by atoms with van der Waals surface area (Å²) in [6, 6.07) is 8.43. The lowest BCUT2D eigenvalue weighted by Gasteiger charge is -2.29. The van der Waals surface area contributed by atoms with Crippen LogP contribution in [0.15, 0.2) is 24.3 Å². The Morgan fingerprint density at radius 3 is 2.95 bits per heavy atom. The van der Waals surface area contributed by atoms with Crippen LogP contribution in [0.4, 0.5) is 0 Å². The third kappa shape index (κ3) is 5.91. The largest absolute Gasteiger partial charge is 0.493 e. The van der Waals surface area contributed by atoms with Crippen molar-refractivity contribution in [3.8, 4) is 5.75 Å². The van der Waals surface area contributed by atoms with Crippen LogP contribution in [-0.4, -0.2) is 30.1 Å². The van der Waals surface area contributed by atoms with E-state index in [2.05, 4.69) is 25.2 Å². The minimum Gasteiger partial charge on any atom is -0.493 e. The number of hydrogen-bond donors (Lipinski definition) is 1. The number of aryl methyl sites for hydroxylation is 1. The molecule has 1 fully saturated rings. The Bertz CT molecular complexity index is 478. The predicted octanol–water partition coefficient (Wildman–Crippen LogP) is 3.80. The lowest BCUT2D eigenvalue weighted by Crippen LogP contribution is -2.41. The minimum atomic E-state index is 0.166. The summed E-state index contributed by atoms with van der Waals surface area (Å²) in [5.74, 6) is 3.05. The Kier molecular flexibility index (Phi) is 7.10. The number of carbonyl (C=O) groups is 1. The molecule has 4 heteroatoms. The average molecular weight is 321 g/mol. The van der Waals surface area contributed by atoms with Crippen molar-refractivity contribution in [3.63, 3.8) is 0 Å². The molecule has 0 spiro atoms. The molecule has 1 aromatic carbocycles. The van der Waals surface area contributed by atoms with Gasteiger partial charge >= 0.3 is 0 Å². The molecule has 3 nitrogen and oxygen atoms in total. The Morgan fingerprint density at radius 2 is 2.18 bits per heavy atom. The van der Waals surface area contributed by atoms with Crippen molar-refractivity contribution in [2.45, 2.75) is 45.6 Å². The van der Waals surface area contributed by atoms with E-state index in [4.69, 9.17) is 4.74 Å². The fourth-order valence-corrected chi connectivity index (χ4v) is 3.48. The Morgan fingerprint density at radius 1 is 1.36 bits per heavy atom. The summed E-state index contributed by atoms with van der Waals surface area (Å²) >= 11 is 1.64. The van der Waals surface area contributed by atoms with Gasteiger partial charge in [-0.05, 0) is 43.4 Å². The lowest BCUT2D eigenvalue weighted by molar-refractivity contribution is -0.119. The van der Waals surface area contributed by atoms with Gasteiger partial charge in [0.1, 0.15) is 5.75 Å². The van der Waals surface area contributed by atoms with Crippen molar-refractivity contribution in [3.05, 3.63) is 29.8 Å². The maximum absolute atomic E-state index is 12.0. The first-order chi connectivity index (χ1) is 10.6. The number of amides is 1. The van der Waals surface area contributed by atoms with Crippen LogP contribution < -0.4 is 10.1 Å². The first-order valence-corrected chi connectivity index (χ1v) is 9.37.